The van der Waals surface area contributed by atoms with Gasteiger partial charge < -0.3 is 10.2 Å². The van der Waals surface area contributed by atoms with Gasteiger partial charge in [-0.1, -0.05) is 6.07 Å². The lowest BCUT2D eigenvalue weighted by Crippen LogP contribution is -2.10. The van der Waals surface area contributed by atoms with E-state index in [1.165, 1.54) is 12.3 Å². The van der Waals surface area contributed by atoms with Crippen molar-refractivity contribution in [1.29, 1.82) is 0 Å². The molecule has 5 heteroatoms. The van der Waals surface area contributed by atoms with Crippen LogP contribution in [-0.4, -0.2) is 27.1 Å². The first-order valence-electron chi connectivity index (χ1n) is 3.91. The highest BCUT2D eigenvalue weighted by molar-refractivity contribution is 5.88. The molecule has 0 amide bonds. The van der Waals surface area contributed by atoms with Crippen LogP contribution in [0, 0.1) is 6.92 Å². The molecule has 0 bridgehead atoms. The molecule has 0 atom stereocenters. The van der Waals surface area contributed by atoms with E-state index in [0.29, 0.717) is 0 Å². The van der Waals surface area contributed by atoms with Crippen LogP contribution in [0.4, 0.5) is 0 Å². The molecule has 2 N–H and O–H groups in total. The van der Waals surface area contributed by atoms with Crippen molar-refractivity contribution in [2.75, 3.05) is 0 Å². The van der Waals surface area contributed by atoms with Gasteiger partial charge in [-0.2, -0.15) is 0 Å². The molecule has 0 spiro atoms. The average Bonchev–Trinajstić information content (AvgIpc) is 2.01. The lowest BCUT2D eigenvalue weighted by molar-refractivity contribution is -0.136. The molecule has 14 heavy (non-hydrogen) atoms. The number of rotatable bonds is 3. The number of carboxylic acids is 2. The molecule has 0 fully saturated rings. The van der Waals surface area contributed by atoms with Gasteiger partial charge in [-0.25, -0.2) is 9.78 Å². The van der Waals surface area contributed by atoms with Crippen LogP contribution in [0.3, 0.4) is 0 Å². The predicted octanol–water partition coefficient (Wildman–Crippen LogP) is 0.715. The first kappa shape index (κ1) is 10.2. The van der Waals surface area contributed by atoms with Gasteiger partial charge in [-0.15, -0.1) is 0 Å². The first-order chi connectivity index (χ1) is 6.50. The number of aliphatic carboxylic acids is 1. The minimum atomic E-state index is -1.21. The van der Waals surface area contributed by atoms with Crippen LogP contribution in [-0.2, 0) is 11.2 Å². The van der Waals surface area contributed by atoms with Crippen LogP contribution in [0.2, 0.25) is 0 Å². The molecule has 1 heterocycles. The van der Waals surface area contributed by atoms with Crippen molar-refractivity contribution in [3.8, 4) is 0 Å². The van der Waals surface area contributed by atoms with E-state index >= 15 is 0 Å². The van der Waals surface area contributed by atoms with Crippen molar-refractivity contribution in [3.05, 3.63) is 29.1 Å². The molecule has 1 aromatic heterocycles. The van der Waals surface area contributed by atoms with E-state index in [4.69, 9.17) is 10.2 Å². The Hall–Kier alpha value is -1.91. The van der Waals surface area contributed by atoms with E-state index in [-0.39, 0.29) is 17.7 Å². The van der Waals surface area contributed by atoms with E-state index < -0.39 is 11.9 Å². The second-order valence-electron chi connectivity index (χ2n) is 2.90. The maximum atomic E-state index is 10.7. The second kappa shape index (κ2) is 3.87. The molecule has 0 aliphatic heterocycles. The third kappa shape index (κ3) is 2.29. The minimum Gasteiger partial charge on any atom is -0.481 e. The number of pyridine rings is 1. The number of aryl methyl sites for hydroxylation is 1. The van der Waals surface area contributed by atoms with Gasteiger partial charge in [0.2, 0.25) is 0 Å². The summed E-state index contributed by atoms with van der Waals surface area (Å²) in [4.78, 5) is 24.8. The molecule has 5 nitrogen and oxygen atoms in total. The molecule has 0 unspecified atom stereocenters. The third-order valence-corrected chi connectivity index (χ3v) is 1.65. The fraction of sp³-hybridized carbons (Fsp3) is 0.222. The summed E-state index contributed by atoms with van der Waals surface area (Å²) in [6, 6.07) is 1.52. The Morgan fingerprint density at radius 2 is 2.07 bits per heavy atom. The van der Waals surface area contributed by atoms with Gasteiger partial charge in [-0.05, 0) is 18.1 Å². The summed E-state index contributed by atoms with van der Waals surface area (Å²) in [5.41, 5.74) is 0.772. The number of hydrogen-bond acceptors (Lipinski definition) is 3. The van der Waals surface area contributed by atoms with Crippen molar-refractivity contribution in [2.45, 2.75) is 13.3 Å². The average molecular weight is 195 g/mol. The van der Waals surface area contributed by atoms with E-state index in [1.807, 2.05) is 0 Å². The summed E-state index contributed by atoms with van der Waals surface area (Å²) in [5.74, 6) is -2.28. The van der Waals surface area contributed by atoms with Gasteiger partial charge in [0.25, 0.3) is 0 Å². The molecule has 1 aromatic rings. The standard InChI is InChI=1S/C9H9NO4/c1-5-2-6(3-7(11)12)8(9(13)14)10-4-5/h2,4H,3H2,1H3,(H,11,12)(H,13,14). The highest BCUT2D eigenvalue weighted by atomic mass is 16.4. The van der Waals surface area contributed by atoms with Crippen molar-refractivity contribution in [1.82, 2.24) is 4.98 Å². The molecule has 0 saturated carbocycles. The van der Waals surface area contributed by atoms with Gasteiger partial charge in [0, 0.05) is 6.20 Å². The molecule has 0 aliphatic rings. The van der Waals surface area contributed by atoms with Crippen molar-refractivity contribution in [2.24, 2.45) is 0 Å². The van der Waals surface area contributed by atoms with Crippen LogP contribution < -0.4 is 0 Å². The maximum absolute atomic E-state index is 10.7. The zero-order chi connectivity index (χ0) is 10.7. The molecule has 0 radical (unpaired) electrons. The predicted molar refractivity (Wildman–Crippen MR) is 47.3 cm³/mol. The SMILES string of the molecule is Cc1cnc(C(=O)O)c(CC(=O)O)c1. The Bertz CT molecular complexity index is 386. The van der Waals surface area contributed by atoms with Crippen molar-refractivity contribution >= 4 is 11.9 Å². The lowest BCUT2D eigenvalue weighted by atomic mass is 10.1. The van der Waals surface area contributed by atoms with Crippen LogP contribution >= 0.6 is 0 Å². The number of carbonyl (C=O) groups is 2. The molecule has 1 rings (SSSR count). The Labute approximate surface area is 80.0 Å². The van der Waals surface area contributed by atoms with E-state index in [1.54, 1.807) is 6.92 Å². The molecule has 0 aliphatic carbocycles. The summed E-state index contributed by atoms with van der Waals surface area (Å²) in [7, 11) is 0. The Kier molecular flexibility index (Phi) is 2.81. The largest absolute Gasteiger partial charge is 0.481 e. The first-order valence-corrected chi connectivity index (χ1v) is 3.91. The summed E-state index contributed by atoms with van der Waals surface area (Å²) >= 11 is 0. The van der Waals surface area contributed by atoms with Gasteiger partial charge in [0.15, 0.2) is 5.69 Å². The quantitative estimate of drug-likeness (QED) is 0.741. The van der Waals surface area contributed by atoms with Crippen LogP contribution in [0.15, 0.2) is 12.3 Å². The fourth-order valence-corrected chi connectivity index (χ4v) is 1.12. The maximum Gasteiger partial charge on any atom is 0.354 e. The second-order valence-corrected chi connectivity index (χ2v) is 2.90. The smallest absolute Gasteiger partial charge is 0.354 e. The minimum absolute atomic E-state index is 0.196. The Balaban J connectivity index is 3.15. The normalized spacial score (nSPS) is 9.79. The topological polar surface area (TPSA) is 87.5 Å². The number of aromatic carboxylic acids is 1. The van der Waals surface area contributed by atoms with Crippen molar-refractivity contribution in [3.63, 3.8) is 0 Å². The zero-order valence-corrected chi connectivity index (χ0v) is 7.52. The van der Waals surface area contributed by atoms with Crippen LogP contribution in [0.1, 0.15) is 21.6 Å². The molecular weight excluding hydrogens is 186 g/mol. The summed E-state index contributed by atoms with van der Waals surface area (Å²) in [5, 5.41) is 17.3. The molecular formula is C9H9NO4. The molecule has 0 aromatic carbocycles. The van der Waals surface area contributed by atoms with Gasteiger partial charge >= 0.3 is 11.9 Å². The monoisotopic (exact) mass is 195 g/mol. The van der Waals surface area contributed by atoms with Crippen molar-refractivity contribution < 1.29 is 19.8 Å². The number of hydrogen-bond donors (Lipinski definition) is 2. The number of carboxylic acid groups (broad SMARTS) is 2. The Morgan fingerprint density at radius 1 is 1.43 bits per heavy atom. The highest BCUT2D eigenvalue weighted by Crippen LogP contribution is 2.09. The third-order valence-electron chi connectivity index (χ3n) is 1.65. The van der Waals surface area contributed by atoms with Gasteiger partial charge in [-0.3, -0.25) is 4.79 Å². The van der Waals surface area contributed by atoms with Crippen LogP contribution in [0.25, 0.3) is 0 Å². The van der Waals surface area contributed by atoms with Gasteiger partial charge in [0.1, 0.15) is 0 Å². The van der Waals surface area contributed by atoms with E-state index in [2.05, 4.69) is 4.98 Å². The summed E-state index contributed by atoms with van der Waals surface area (Å²) in [6.45, 7) is 1.73. The van der Waals surface area contributed by atoms with E-state index in [9.17, 15) is 9.59 Å². The summed E-state index contributed by atoms with van der Waals surface area (Å²) < 4.78 is 0. The van der Waals surface area contributed by atoms with E-state index in [0.717, 1.165) is 5.56 Å². The fourth-order valence-electron chi connectivity index (χ4n) is 1.12. The highest BCUT2D eigenvalue weighted by Gasteiger charge is 2.13. The van der Waals surface area contributed by atoms with Gasteiger partial charge in [0.05, 0.1) is 6.42 Å². The summed E-state index contributed by atoms with van der Waals surface area (Å²) in [6.07, 6.45) is 1.07. The number of aromatic nitrogens is 1. The lowest BCUT2D eigenvalue weighted by Gasteiger charge is -2.03. The number of nitrogens with zero attached hydrogens (tertiary/aromatic N) is 1. The Morgan fingerprint density at radius 3 is 2.57 bits per heavy atom. The molecule has 0 saturated heterocycles. The zero-order valence-electron chi connectivity index (χ0n) is 7.52. The molecule has 74 valence electrons. The van der Waals surface area contributed by atoms with Crippen LogP contribution in [0.5, 0.6) is 0 Å².